The number of hydrogen-bond donors (Lipinski definition) is 1. The normalized spacial score (nSPS) is 10.9. The number of carbonyl (C=O) groups excluding carboxylic acids is 1. The molecule has 0 aliphatic heterocycles. The maximum absolute atomic E-state index is 13.5. The molecule has 0 saturated heterocycles. The summed E-state index contributed by atoms with van der Waals surface area (Å²) in [6.07, 6.45) is 6.13. The Labute approximate surface area is 133 Å². The third-order valence-corrected chi connectivity index (χ3v) is 3.58. The molecule has 6 heteroatoms. The number of aromatic nitrogens is 3. The van der Waals surface area contributed by atoms with Crippen molar-refractivity contribution in [1.82, 2.24) is 19.9 Å². The summed E-state index contributed by atoms with van der Waals surface area (Å²) in [5, 5.41) is 3.41. The highest BCUT2D eigenvalue weighted by atomic mass is 19.1. The molecule has 3 aromatic rings. The molecule has 0 aliphatic carbocycles. The van der Waals surface area contributed by atoms with Crippen LogP contribution in [-0.4, -0.2) is 27.0 Å². The van der Waals surface area contributed by atoms with E-state index >= 15 is 0 Å². The van der Waals surface area contributed by atoms with Crippen molar-refractivity contribution >= 4 is 16.8 Å². The molecule has 2 aromatic heterocycles. The van der Waals surface area contributed by atoms with Crippen LogP contribution in [0.4, 0.5) is 4.39 Å². The molecule has 1 aromatic carbocycles. The van der Waals surface area contributed by atoms with E-state index in [-0.39, 0.29) is 11.7 Å². The van der Waals surface area contributed by atoms with Crippen molar-refractivity contribution in [2.75, 3.05) is 6.54 Å². The Kier molecular flexibility index (Phi) is 4.32. The van der Waals surface area contributed by atoms with Crippen LogP contribution in [0.1, 0.15) is 22.5 Å². The highest BCUT2D eigenvalue weighted by molar-refractivity contribution is 6.06. The van der Waals surface area contributed by atoms with E-state index in [1.807, 2.05) is 17.7 Å². The van der Waals surface area contributed by atoms with E-state index in [1.54, 1.807) is 24.7 Å². The molecule has 0 bridgehead atoms. The van der Waals surface area contributed by atoms with Gasteiger partial charge >= 0.3 is 0 Å². The van der Waals surface area contributed by atoms with Crippen LogP contribution in [0.25, 0.3) is 10.9 Å². The molecule has 0 spiro atoms. The van der Waals surface area contributed by atoms with Crippen LogP contribution < -0.4 is 5.32 Å². The zero-order valence-electron chi connectivity index (χ0n) is 12.8. The maximum Gasteiger partial charge on any atom is 0.252 e. The first-order valence-electron chi connectivity index (χ1n) is 7.44. The highest BCUT2D eigenvalue weighted by Crippen LogP contribution is 2.19. The number of aryl methyl sites for hydroxylation is 2. The molecule has 0 radical (unpaired) electrons. The van der Waals surface area contributed by atoms with E-state index in [0.29, 0.717) is 23.0 Å². The Bertz CT molecular complexity index is 830. The molecule has 2 heterocycles. The van der Waals surface area contributed by atoms with E-state index < -0.39 is 0 Å². The summed E-state index contributed by atoms with van der Waals surface area (Å²) in [4.78, 5) is 20.7. The van der Waals surface area contributed by atoms with Gasteiger partial charge < -0.3 is 9.88 Å². The molecular weight excluding hydrogens is 295 g/mol. The van der Waals surface area contributed by atoms with E-state index in [2.05, 4.69) is 15.3 Å². The summed E-state index contributed by atoms with van der Waals surface area (Å²) in [6.45, 7) is 3.14. The lowest BCUT2D eigenvalue weighted by Crippen LogP contribution is -2.25. The third-order valence-electron chi connectivity index (χ3n) is 3.58. The predicted molar refractivity (Wildman–Crippen MR) is 85.6 cm³/mol. The van der Waals surface area contributed by atoms with Crippen molar-refractivity contribution in [3.8, 4) is 0 Å². The Morgan fingerprint density at radius 3 is 3.00 bits per heavy atom. The lowest BCUT2D eigenvalue weighted by atomic mass is 10.1. The van der Waals surface area contributed by atoms with E-state index in [9.17, 15) is 9.18 Å². The first-order chi connectivity index (χ1) is 11.1. The number of carbonyl (C=O) groups is 1. The Balaban J connectivity index is 1.71. The van der Waals surface area contributed by atoms with Gasteiger partial charge in [-0.2, -0.15) is 0 Å². The molecule has 5 nitrogen and oxygen atoms in total. The number of amides is 1. The molecule has 0 fully saturated rings. The Morgan fingerprint density at radius 1 is 1.35 bits per heavy atom. The van der Waals surface area contributed by atoms with Gasteiger partial charge in [0.15, 0.2) is 0 Å². The van der Waals surface area contributed by atoms with Crippen LogP contribution in [0.5, 0.6) is 0 Å². The van der Waals surface area contributed by atoms with Crippen LogP contribution in [0.15, 0.2) is 43.0 Å². The summed E-state index contributed by atoms with van der Waals surface area (Å²) in [6, 6.07) is 5.98. The van der Waals surface area contributed by atoms with Gasteiger partial charge in [0, 0.05) is 36.6 Å². The number of halogens is 1. The van der Waals surface area contributed by atoms with Crippen molar-refractivity contribution in [1.29, 1.82) is 0 Å². The summed E-state index contributed by atoms with van der Waals surface area (Å²) < 4.78 is 15.4. The molecule has 23 heavy (non-hydrogen) atoms. The molecular formula is C17H17FN4O. The van der Waals surface area contributed by atoms with Gasteiger partial charge in [-0.25, -0.2) is 9.37 Å². The van der Waals surface area contributed by atoms with Crippen LogP contribution in [-0.2, 0) is 6.54 Å². The van der Waals surface area contributed by atoms with Gasteiger partial charge in [0.1, 0.15) is 5.82 Å². The zero-order chi connectivity index (χ0) is 16.2. The lowest BCUT2D eigenvalue weighted by Gasteiger charge is -2.09. The topological polar surface area (TPSA) is 59.8 Å². The summed E-state index contributed by atoms with van der Waals surface area (Å²) in [5.41, 5.74) is 1.80. The van der Waals surface area contributed by atoms with Gasteiger partial charge in [0.2, 0.25) is 0 Å². The average molecular weight is 312 g/mol. The van der Waals surface area contributed by atoms with Crippen LogP contribution in [0.2, 0.25) is 0 Å². The van der Waals surface area contributed by atoms with Gasteiger partial charge in [0.05, 0.1) is 17.4 Å². The van der Waals surface area contributed by atoms with Crippen molar-refractivity contribution in [2.24, 2.45) is 0 Å². The first kappa shape index (κ1) is 15.1. The number of hydrogen-bond acceptors (Lipinski definition) is 3. The number of nitrogens with one attached hydrogen (secondary N) is 1. The third kappa shape index (κ3) is 3.53. The summed E-state index contributed by atoms with van der Waals surface area (Å²) in [5.74, 6) is -0.589. The lowest BCUT2D eigenvalue weighted by molar-refractivity contribution is 0.0954. The van der Waals surface area contributed by atoms with Gasteiger partial charge in [-0.3, -0.25) is 9.78 Å². The maximum atomic E-state index is 13.5. The van der Waals surface area contributed by atoms with Crippen LogP contribution in [0.3, 0.4) is 0 Å². The second-order valence-electron chi connectivity index (χ2n) is 5.38. The number of imidazole rings is 1. The second-order valence-corrected chi connectivity index (χ2v) is 5.38. The number of fused-ring (bicyclic) bond motifs is 1. The van der Waals surface area contributed by atoms with E-state index in [1.165, 1.54) is 12.1 Å². The van der Waals surface area contributed by atoms with Gasteiger partial charge in [0.25, 0.3) is 5.91 Å². The highest BCUT2D eigenvalue weighted by Gasteiger charge is 2.12. The van der Waals surface area contributed by atoms with Crippen molar-refractivity contribution < 1.29 is 9.18 Å². The number of rotatable bonds is 5. The molecule has 0 unspecified atom stereocenters. The second kappa shape index (κ2) is 6.56. The largest absolute Gasteiger partial charge is 0.352 e. The zero-order valence-corrected chi connectivity index (χ0v) is 12.8. The Morgan fingerprint density at radius 2 is 2.22 bits per heavy atom. The smallest absolute Gasteiger partial charge is 0.252 e. The summed E-state index contributed by atoms with van der Waals surface area (Å²) >= 11 is 0. The first-order valence-corrected chi connectivity index (χ1v) is 7.44. The van der Waals surface area contributed by atoms with Crippen molar-refractivity contribution in [2.45, 2.75) is 19.9 Å². The molecule has 0 atom stereocenters. The number of nitrogens with zero attached hydrogens (tertiary/aromatic N) is 3. The van der Waals surface area contributed by atoms with Gasteiger partial charge in [-0.15, -0.1) is 0 Å². The molecule has 1 N–H and O–H groups in total. The van der Waals surface area contributed by atoms with Crippen LogP contribution in [0, 0.1) is 12.7 Å². The predicted octanol–water partition coefficient (Wildman–Crippen LogP) is 2.70. The number of benzene rings is 1. The van der Waals surface area contributed by atoms with Gasteiger partial charge in [-0.05, 0) is 37.6 Å². The molecule has 0 saturated carbocycles. The fourth-order valence-corrected chi connectivity index (χ4v) is 2.50. The van der Waals surface area contributed by atoms with Crippen molar-refractivity contribution in [3.63, 3.8) is 0 Å². The van der Waals surface area contributed by atoms with E-state index in [0.717, 1.165) is 18.7 Å². The molecule has 1 amide bonds. The standard InChI is InChI=1S/C17H17FN4O/c1-12-9-15(14-10-13(18)3-4-16(14)21-12)17(23)20-5-2-7-22-8-6-19-11-22/h3-4,6,8-11H,2,5,7H2,1H3,(H,20,23). The van der Waals surface area contributed by atoms with Crippen LogP contribution >= 0.6 is 0 Å². The van der Waals surface area contributed by atoms with Gasteiger partial charge in [-0.1, -0.05) is 0 Å². The molecule has 0 aliphatic rings. The monoisotopic (exact) mass is 312 g/mol. The minimum absolute atomic E-state index is 0.211. The molecule has 118 valence electrons. The minimum Gasteiger partial charge on any atom is -0.352 e. The average Bonchev–Trinajstić information content (AvgIpc) is 3.04. The Hall–Kier alpha value is -2.76. The number of pyridine rings is 1. The summed E-state index contributed by atoms with van der Waals surface area (Å²) in [7, 11) is 0. The SMILES string of the molecule is Cc1cc(C(=O)NCCCn2ccnc2)c2cc(F)ccc2n1. The molecule has 3 rings (SSSR count). The fourth-order valence-electron chi connectivity index (χ4n) is 2.50. The minimum atomic E-state index is -0.377. The fraction of sp³-hybridized carbons (Fsp3) is 0.235. The van der Waals surface area contributed by atoms with E-state index in [4.69, 9.17) is 0 Å². The van der Waals surface area contributed by atoms with Crippen molar-refractivity contribution in [3.05, 3.63) is 60.1 Å². The quantitative estimate of drug-likeness (QED) is 0.737.